The minimum absolute atomic E-state index is 0.443. The first-order chi connectivity index (χ1) is 10.1. The molecular weight excluding hydrogens is 268 g/mol. The van der Waals surface area contributed by atoms with Crippen molar-refractivity contribution >= 4 is 0 Å². The van der Waals surface area contributed by atoms with Crippen molar-refractivity contribution in [3.8, 4) is 0 Å². The fourth-order valence-corrected chi connectivity index (χ4v) is 3.64. The van der Waals surface area contributed by atoms with Gasteiger partial charge in [0.1, 0.15) is 11.5 Å². The fourth-order valence-electron chi connectivity index (χ4n) is 3.64. The molecule has 0 N–H and O–H groups in total. The third-order valence-corrected chi connectivity index (χ3v) is 4.83. The Labute approximate surface area is 139 Å². The Morgan fingerprint density at radius 3 is 1.50 bits per heavy atom. The lowest BCUT2D eigenvalue weighted by molar-refractivity contribution is 0.221. The minimum atomic E-state index is 0.443. The fraction of sp³-hybridized carbons (Fsp3) is 0.810. The Kier molecular flexibility index (Phi) is 6.77. The molecule has 128 valence electrons. The smallest absolute Gasteiger partial charge is 0.106 e. The molecule has 1 heterocycles. The molecule has 0 saturated carbocycles. The summed E-state index contributed by atoms with van der Waals surface area (Å²) in [7, 11) is 0. The molecule has 0 aromatic heterocycles. The van der Waals surface area contributed by atoms with E-state index in [1.165, 1.54) is 17.1 Å². The SMILES string of the molecule is CC(C)C1=C(C(C)C)OC(C(C)C)=C(C(C)C)C(C(C)C)C1. The third kappa shape index (κ3) is 4.18. The van der Waals surface area contributed by atoms with Gasteiger partial charge in [-0.25, -0.2) is 0 Å². The van der Waals surface area contributed by atoms with E-state index in [-0.39, 0.29) is 0 Å². The number of ether oxygens (including phenoxy) is 1. The molecular formula is C21H38O. The topological polar surface area (TPSA) is 9.23 Å². The van der Waals surface area contributed by atoms with Gasteiger partial charge in [0.25, 0.3) is 0 Å². The van der Waals surface area contributed by atoms with Crippen LogP contribution in [-0.4, -0.2) is 0 Å². The second-order valence-corrected chi connectivity index (χ2v) is 8.48. The van der Waals surface area contributed by atoms with Crippen molar-refractivity contribution in [3.63, 3.8) is 0 Å². The molecule has 1 unspecified atom stereocenters. The number of hydrogen-bond donors (Lipinski definition) is 0. The van der Waals surface area contributed by atoms with Gasteiger partial charge < -0.3 is 4.74 Å². The van der Waals surface area contributed by atoms with E-state index in [1.54, 1.807) is 5.57 Å². The third-order valence-electron chi connectivity index (χ3n) is 4.83. The molecule has 0 saturated heterocycles. The maximum Gasteiger partial charge on any atom is 0.106 e. The van der Waals surface area contributed by atoms with Crippen LogP contribution < -0.4 is 0 Å². The van der Waals surface area contributed by atoms with Crippen molar-refractivity contribution in [2.75, 3.05) is 0 Å². The van der Waals surface area contributed by atoms with Gasteiger partial charge in [-0.2, -0.15) is 0 Å². The van der Waals surface area contributed by atoms with Crippen molar-refractivity contribution in [2.45, 2.75) is 75.7 Å². The average Bonchev–Trinajstić information content (AvgIpc) is 2.55. The van der Waals surface area contributed by atoms with E-state index >= 15 is 0 Å². The van der Waals surface area contributed by atoms with E-state index in [1.807, 2.05) is 0 Å². The highest BCUT2D eigenvalue weighted by Gasteiger charge is 2.33. The quantitative estimate of drug-likeness (QED) is 0.542. The summed E-state index contributed by atoms with van der Waals surface area (Å²) >= 11 is 0. The highest BCUT2D eigenvalue weighted by Crippen LogP contribution is 2.43. The van der Waals surface area contributed by atoms with Gasteiger partial charge in [-0.15, -0.1) is 0 Å². The summed E-state index contributed by atoms with van der Waals surface area (Å²) in [5.41, 5.74) is 3.08. The van der Waals surface area contributed by atoms with Crippen molar-refractivity contribution in [3.05, 3.63) is 22.7 Å². The van der Waals surface area contributed by atoms with Gasteiger partial charge in [0.2, 0.25) is 0 Å². The van der Waals surface area contributed by atoms with E-state index in [0.29, 0.717) is 35.5 Å². The zero-order valence-electron chi connectivity index (χ0n) is 16.6. The molecule has 0 aromatic rings. The zero-order chi connectivity index (χ0) is 17.2. The van der Waals surface area contributed by atoms with E-state index in [2.05, 4.69) is 69.2 Å². The summed E-state index contributed by atoms with van der Waals surface area (Å²) in [5, 5.41) is 0. The zero-order valence-corrected chi connectivity index (χ0v) is 16.6. The van der Waals surface area contributed by atoms with Crippen LogP contribution in [-0.2, 0) is 4.74 Å². The molecule has 0 aromatic carbocycles. The van der Waals surface area contributed by atoms with Crippen LogP contribution in [0.5, 0.6) is 0 Å². The molecule has 0 fully saturated rings. The molecule has 1 nitrogen and oxygen atoms in total. The van der Waals surface area contributed by atoms with Crippen LogP contribution in [0.3, 0.4) is 0 Å². The monoisotopic (exact) mass is 306 g/mol. The lowest BCUT2D eigenvalue weighted by atomic mass is 9.75. The van der Waals surface area contributed by atoms with E-state index < -0.39 is 0 Å². The van der Waals surface area contributed by atoms with Crippen molar-refractivity contribution < 1.29 is 4.74 Å². The lowest BCUT2D eigenvalue weighted by Gasteiger charge is -2.29. The molecule has 1 rings (SSSR count). The maximum atomic E-state index is 6.62. The van der Waals surface area contributed by atoms with Crippen LogP contribution in [0, 0.1) is 35.5 Å². The van der Waals surface area contributed by atoms with E-state index in [0.717, 1.165) is 6.42 Å². The Bertz CT molecular complexity index is 433. The first kappa shape index (κ1) is 19.3. The van der Waals surface area contributed by atoms with Crippen LogP contribution in [0.15, 0.2) is 22.7 Å². The average molecular weight is 307 g/mol. The molecule has 1 atom stereocenters. The van der Waals surface area contributed by atoms with Crippen molar-refractivity contribution in [1.29, 1.82) is 0 Å². The Morgan fingerprint density at radius 2 is 1.18 bits per heavy atom. The first-order valence-electron chi connectivity index (χ1n) is 9.22. The molecule has 0 spiro atoms. The highest BCUT2D eigenvalue weighted by molar-refractivity contribution is 5.27. The standard InChI is InChI=1S/C21H38O/c1-12(2)17-11-18(13(3)4)20(15(7)8)22-21(16(9)10)19(17)14(5)6/h12-17H,11H2,1-10H3. The second kappa shape index (κ2) is 7.70. The summed E-state index contributed by atoms with van der Waals surface area (Å²) < 4.78 is 6.62. The number of allylic oxidation sites excluding steroid dienone is 4. The molecule has 1 heteroatoms. The summed E-state index contributed by atoms with van der Waals surface area (Å²) in [5.74, 6) is 5.72. The Hall–Kier alpha value is -0.720. The minimum Gasteiger partial charge on any atom is -0.466 e. The van der Waals surface area contributed by atoms with Gasteiger partial charge in [0.15, 0.2) is 0 Å². The molecule has 1 aliphatic heterocycles. The van der Waals surface area contributed by atoms with Crippen LogP contribution in [0.2, 0.25) is 0 Å². The number of hydrogen-bond acceptors (Lipinski definition) is 1. The van der Waals surface area contributed by atoms with E-state index in [9.17, 15) is 0 Å². The molecule has 0 radical (unpaired) electrons. The van der Waals surface area contributed by atoms with Gasteiger partial charge in [-0.05, 0) is 41.2 Å². The largest absolute Gasteiger partial charge is 0.466 e. The predicted molar refractivity (Wildman–Crippen MR) is 97.4 cm³/mol. The summed E-state index contributed by atoms with van der Waals surface area (Å²) in [4.78, 5) is 0. The van der Waals surface area contributed by atoms with Crippen molar-refractivity contribution in [1.82, 2.24) is 0 Å². The van der Waals surface area contributed by atoms with Crippen LogP contribution in [0.25, 0.3) is 0 Å². The lowest BCUT2D eigenvalue weighted by Crippen LogP contribution is -2.19. The van der Waals surface area contributed by atoms with Crippen LogP contribution >= 0.6 is 0 Å². The van der Waals surface area contributed by atoms with E-state index in [4.69, 9.17) is 4.74 Å². The highest BCUT2D eigenvalue weighted by atomic mass is 16.5. The van der Waals surface area contributed by atoms with Gasteiger partial charge >= 0.3 is 0 Å². The van der Waals surface area contributed by atoms with Gasteiger partial charge in [-0.3, -0.25) is 0 Å². The first-order valence-corrected chi connectivity index (χ1v) is 9.22. The Morgan fingerprint density at radius 1 is 0.682 bits per heavy atom. The molecule has 0 aliphatic carbocycles. The summed E-state index contributed by atoms with van der Waals surface area (Å²) in [6, 6.07) is 0. The molecule has 22 heavy (non-hydrogen) atoms. The molecule has 0 bridgehead atoms. The summed E-state index contributed by atoms with van der Waals surface area (Å²) in [6.45, 7) is 23.1. The van der Waals surface area contributed by atoms with Gasteiger partial charge in [0, 0.05) is 11.8 Å². The second-order valence-electron chi connectivity index (χ2n) is 8.48. The molecule has 0 amide bonds. The normalized spacial score (nSPS) is 20.8. The Balaban J connectivity index is 3.54. The van der Waals surface area contributed by atoms with Crippen molar-refractivity contribution in [2.24, 2.45) is 35.5 Å². The maximum absolute atomic E-state index is 6.62. The van der Waals surface area contributed by atoms with Crippen LogP contribution in [0.4, 0.5) is 0 Å². The number of rotatable bonds is 5. The van der Waals surface area contributed by atoms with Gasteiger partial charge in [-0.1, -0.05) is 69.2 Å². The predicted octanol–water partition coefficient (Wildman–Crippen LogP) is 6.81. The molecule has 1 aliphatic rings. The summed E-state index contributed by atoms with van der Waals surface area (Å²) in [6.07, 6.45) is 1.16. The van der Waals surface area contributed by atoms with Crippen LogP contribution in [0.1, 0.15) is 75.7 Å². The van der Waals surface area contributed by atoms with Gasteiger partial charge in [0.05, 0.1) is 0 Å².